The van der Waals surface area contributed by atoms with Gasteiger partial charge in [-0.15, -0.1) is 0 Å². The summed E-state index contributed by atoms with van der Waals surface area (Å²) in [6.07, 6.45) is 3.08. The van der Waals surface area contributed by atoms with E-state index in [1.54, 1.807) is 7.11 Å². The molecule has 0 atom stereocenters. The molecule has 0 bridgehead atoms. The average molecular weight is 287 g/mol. The Morgan fingerprint density at radius 3 is 2.57 bits per heavy atom. The van der Waals surface area contributed by atoms with E-state index in [1.165, 1.54) is 5.56 Å². The van der Waals surface area contributed by atoms with Crippen molar-refractivity contribution in [3.63, 3.8) is 0 Å². The molecule has 1 heterocycles. The van der Waals surface area contributed by atoms with Crippen LogP contribution in [0.15, 0.2) is 30.5 Å². The molecule has 0 aliphatic heterocycles. The van der Waals surface area contributed by atoms with E-state index in [0.717, 1.165) is 36.9 Å². The fourth-order valence-corrected chi connectivity index (χ4v) is 2.33. The quantitative estimate of drug-likeness (QED) is 0.847. The molecule has 0 radical (unpaired) electrons. The van der Waals surface area contributed by atoms with Gasteiger partial charge in [0, 0.05) is 19.3 Å². The zero-order valence-corrected chi connectivity index (χ0v) is 13.4. The molecule has 0 aliphatic carbocycles. The molecule has 21 heavy (non-hydrogen) atoms. The SMILES string of the molecule is COc1ccc(CCNc2nc(C)cn2CC(C)C)cc1. The van der Waals surface area contributed by atoms with Gasteiger partial charge >= 0.3 is 0 Å². The Hall–Kier alpha value is -1.97. The third-order valence-electron chi connectivity index (χ3n) is 3.31. The lowest BCUT2D eigenvalue weighted by Gasteiger charge is -2.11. The Morgan fingerprint density at radius 1 is 1.24 bits per heavy atom. The predicted molar refractivity (Wildman–Crippen MR) is 87.0 cm³/mol. The molecule has 0 spiro atoms. The second kappa shape index (κ2) is 7.16. The Balaban J connectivity index is 1.90. The summed E-state index contributed by atoms with van der Waals surface area (Å²) < 4.78 is 7.37. The van der Waals surface area contributed by atoms with E-state index in [-0.39, 0.29) is 0 Å². The zero-order chi connectivity index (χ0) is 15.2. The zero-order valence-electron chi connectivity index (χ0n) is 13.4. The van der Waals surface area contributed by atoms with Crippen molar-refractivity contribution in [2.75, 3.05) is 19.0 Å². The summed E-state index contributed by atoms with van der Waals surface area (Å²) in [5.74, 6) is 2.48. The molecular weight excluding hydrogens is 262 g/mol. The minimum absolute atomic E-state index is 0.612. The number of methoxy groups -OCH3 is 1. The number of benzene rings is 1. The summed E-state index contributed by atoms with van der Waals surface area (Å²) in [6.45, 7) is 8.34. The standard InChI is InChI=1S/C17H25N3O/c1-13(2)11-20-12-14(3)19-17(20)18-10-9-15-5-7-16(21-4)8-6-15/h5-8,12-13H,9-11H2,1-4H3,(H,18,19). The Labute approximate surface area is 127 Å². The third-order valence-corrected chi connectivity index (χ3v) is 3.31. The average Bonchev–Trinajstić information content (AvgIpc) is 2.79. The molecule has 2 rings (SSSR count). The maximum absolute atomic E-state index is 5.17. The summed E-state index contributed by atoms with van der Waals surface area (Å²) in [5, 5.41) is 3.44. The number of hydrogen-bond donors (Lipinski definition) is 1. The van der Waals surface area contributed by atoms with Crippen molar-refractivity contribution in [2.45, 2.75) is 33.7 Å². The van der Waals surface area contributed by atoms with Crippen molar-refractivity contribution in [1.82, 2.24) is 9.55 Å². The first kappa shape index (κ1) is 15.4. The summed E-state index contributed by atoms with van der Waals surface area (Å²) in [6, 6.07) is 8.21. The van der Waals surface area contributed by atoms with Crippen LogP contribution in [-0.4, -0.2) is 23.2 Å². The topological polar surface area (TPSA) is 39.1 Å². The van der Waals surface area contributed by atoms with Gasteiger partial charge in [0.05, 0.1) is 12.8 Å². The fraction of sp³-hybridized carbons (Fsp3) is 0.471. The maximum Gasteiger partial charge on any atom is 0.203 e. The van der Waals surface area contributed by atoms with Gasteiger partial charge in [0.25, 0.3) is 0 Å². The molecular formula is C17H25N3O. The van der Waals surface area contributed by atoms with Crippen LogP contribution in [-0.2, 0) is 13.0 Å². The normalized spacial score (nSPS) is 10.9. The van der Waals surface area contributed by atoms with Gasteiger partial charge in [-0.1, -0.05) is 26.0 Å². The molecule has 0 fully saturated rings. The van der Waals surface area contributed by atoms with E-state index in [0.29, 0.717) is 5.92 Å². The highest BCUT2D eigenvalue weighted by Crippen LogP contribution is 2.13. The van der Waals surface area contributed by atoms with Gasteiger partial charge in [-0.05, 0) is 37.0 Å². The second-order valence-electron chi connectivity index (χ2n) is 5.78. The number of aromatic nitrogens is 2. The van der Waals surface area contributed by atoms with Crippen molar-refractivity contribution in [3.05, 3.63) is 41.7 Å². The number of hydrogen-bond acceptors (Lipinski definition) is 3. The van der Waals surface area contributed by atoms with Crippen LogP contribution >= 0.6 is 0 Å². The van der Waals surface area contributed by atoms with Crippen molar-refractivity contribution in [2.24, 2.45) is 5.92 Å². The lowest BCUT2D eigenvalue weighted by atomic mass is 10.1. The van der Waals surface area contributed by atoms with Crippen LogP contribution in [0.4, 0.5) is 5.95 Å². The molecule has 1 aromatic heterocycles. The Morgan fingerprint density at radius 2 is 1.95 bits per heavy atom. The van der Waals surface area contributed by atoms with Crippen molar-refractivity contribution in [3.8, 4) is 5.75 Å². The molecule has 0 unspecified atom stereocenters. The fourth-order valence-electron chi connectivity index (χ4n) is 2.33. The molecule has 4 nitrogen and oxygen atoms in total. The summed E-state index contributed by atoms with van der Waals surface area (Å²) in [4.78, 5) is 4.55. The smallest absolute Gasteiger partial charge is 0.203 e. The van der Waals surface area contributed by atoms with Gasteiger partial charge < -0.3 is 14.6 Å². The molecule has 2 aromatic rings. The lowest BCUT2D eigenvalue weighted by Crippen LogP contribution is -2.12. The monoisotopic (exact) mass is 287 g/mol. The minimum atomic E-state index is 0.612. The van der Waals surface area contributed by atoms with Crippen LogP contribution in [0.5, 0.6) is 5.75 Å². The van der Waals surface area contributed by atoms with E-state index < -0.39 is 0 Å². The largest absolute Gasteiger partial charge is 0.497 e. The predicted octanol–water partition coefficient (Wildman–Crippen LogP) is 3.51. The molecule has 1 N–H and O–H groups in total. The number of aryl methyl sites for hydroxylation is 1. The lowest BCUT2D eigenvalue weighted by molar-refractivity contribution is 0.414. The van der Waals surface area contributed by atoms with Gasteiger partial charge in [0.15, 0.2) is 0 Å². The van der Waals surface area contributed by atoms with Crippen molar-refractivity contribution >= 4 is 5.95 Å². The molecule has 0 aliphatic rings. The van der Waals surface area contributed by atoms with Crippen LogP contribution in [0.1, 0.15) is 25.1 Å². The maximum atomic E-state index is 5.17. The molecule has 114 valence electrons. The van der Waals surface area contributed by atoms with E-state index >= 15 is 0 Å². The minimum Gasteiger partial charge on any atom is -0.497 e. The highest BCUT2D eigenvalue weighted by atomic mass is 16.5. The molecule has 1 aromatic carbocycles. The van der Waals surface area contributed by atoms with Crippen LogP contribution in [0.25, 0.3) is 0 Å². The number of imidazole rings is 1. The Bertz CT molecular complexity index is 558. The first-order valence-corrected chi connectivity index (χ1v) is 7.49. The van der Waals surface area contributed by atoms with E-state index in [9.17, 15) is 0 Å². The van der Waals surface area contributed by atoms with Gasteiger partial charge in [0.2, 0.25) is 5.95 Å². The summed E-state index contributed by atoms with van der Waals surface area (Å²) in [7, 11) is 1.69. The van der Waals surface area contributed by atoms with Gasteiger partial charge in [-0.3, -0.25) is 0 Å². The van der Waals surface area contributed by atoms with Gasteiger partial charge in [-0.2, -0.15) is 0 Å². The second-order valence-corrected chi connectivity index (χ2v) is 5.78. The van der Waals surface area contributed by atoms with E-state index in [1.807, 2.05) is 19.1 Å². The van der Waals surface area contributed by atoms with Crippen molar-refractivity contribution in [1.29, 1.82) is 0 Å². The highest BCUT2D eigenvalue weighted by molar-refractivity contribution is 5.31. The van der Waals surface area contributed by atoms with Crippen LogP contribution in [0.3, 0.4) is 0 Å². The van der Waals surface area contributed by atoms with E-state index in [4.69, 9.17) is 4.74 Å². The summed E-state index contributed by atoms with van der Waals surface area (Å²) >= 11 is 0. The van der Waals surface area contributed by atoms with Crippen LogP contribution in [0.2, 0.25) is 0 Å². The summed E-state index contributed by atoms with van der Waals surface area (Å²) in [5.41, 5.74) is 2.35. The number of nitrogens with zero attached hydrogens (tertiary/aromatic N) is 2. The number of nitrogens with one attached hydrogen (secondary N) is 1. The number of ether oxygens (including phenoxy) is 1. The molecule has 0 amide bonds. The molecule has 0 saturated heterocycles. The third kappa shape index (κ3) is 4.52. The van der Waals surface area contributed by atoms with Crippen LogP contribution < -0.4 is 10.1 Å². The first-order chi connectivity index (χ1) is 10.1. The number of rotatable bonds is 7. The van der Waals surface area contributed by atoms with E-state index in [2.05, 4.69) is 47.0 Å². The molecule has 0 saturated carbocycles. The number of anilines is 1. The highest BCUT2D eigenvalue weighted by Gasteiger charge is 2.06. The molecule has 4 heteroatoms. The van der Waals surface area contributed by atoms with Gasteiger partial charge in [-0.25, -0.2) is 4.98 Å². The Kier molecular flexibility index (Phi) is 5.26. The van der Waals surface area contributed by atoms with Crippen molar-refractivity contribution < 1.29 is 4.74 Å². The first-order valence-electron chi connectivity index (χ1n) is 7.49. The van der Waals surface area contributed by atoms with Crippen LogP contribution in [0, 0.1) is 12.8 Å². The van der Waals surface area contributed by atoms with Gasteiger partial charge in [0.1, 0.15) is 5.75 Å².